The van der Waals surface area contributed by atoms with Crippen molar-refractivity contribution < 1.29 is 4.39 Å². The van der Waals surface area contributed by atoms with E-state index in [1.54, 1.807) is 12.2 Å². The highest BCUT2D eigenvalue weighted by Gasteiger charge is 2.13. The molecule has 0 N–H and O–H groups in total. The molecular weight excluding hydrogens is 189 g/mol. The third-order valence-electron chi connectivity index (χ3n) is 2.60. The van der Waals surface area contributed by atoms with Gasteiger partial charge in [0.2, 0.25) is 0 Å². The summed E-state index contributed by atoms with van der Waals surface area (Å²) in [4.78, 5) is 4.40. The summed E-state index contributed by atoms with van der Waals surface area (Å²) in [6.07, 6.45) is 12.6. The van der Waals surface area contributed by atoms with Gasteiger partial charge < -0.3 is 0 Å². The number of halogens is 1. The van der Waals surface area contributed by atoms with Crippen LogP contribution in [0.5, 0.6) is 0 Å². The fourth-order valence-electron chi connectivity index (χ4n) is 1.69. The van der Waals surface area contributed by atoms with Crippen molar-refractivity contribution in [3.63, 3.8) is 0 Å². The van der Waals surface area contributed by atoms with E-state index in [9.17, 15) is 4.39 Å². The van der Waals surface area contributed by atoms with Gasteiger partial charge in [0.25, 0.3) is 0 Å². The predicted octanol–water partition coefficient (Wildman–Crippen LogP) is 3.72. The molecular formula is C13H14FN. The monoisotopic (exact) mass is 203 g/mol. The highest BCUT2D eigenvalue weighted by molar-refractivity contribution is 5.99. The minimum atomic E-state index is -0.168. The largest absolute Gasteiger partial charge is 0.261 e. The van der Waals surface area contributed by atoms with E-state index in [2.05, 4.69) is 17.1 Å². The molecule has 0 saturated carbocycles. The first kappa shape index (κ1) is 10.1. The Balaban J connectivity index is 2.34. The summed E-state index contributed by atoms with van der Waals surface area (Å²) >= 11 is 0. The third kappa shape index (κ3) is 2.52. The minimum Gasteiger partial charge on any atom is -0.261 e. The van der Waals surface area contributed by atoms with Crippen molar-refractivity contribution in [1.29, 1.82) is 0 Å². The van der Waals surface area contributed by atoms with E-state index in [0.717, 1.165) is 12.1 Å². The van der Waals surface area contributed by atoms with Crippen LogP contribution in [0, 0.1) is 5.92 Å². The average Bonchev–Trinajstić information content (AvgIpc) is 2.36. The maximum absolute atomic E-state index is 13.0. The molecule has 2 heteroatoms. The Hall–Kier alpha value is -1.44. The van der Waals surface area contributed by atoms with E-state index >= 15 is 0 Å². The molecule has 0 aromatic carbocycles. The number of hydrogen-bond donors (Lipinski definition) is 0. The van der Waals surface area contributed by atoms with Crippen LogP contribution in [0.3, 0.4) is 0 Å². The van der Waals surface area contributed by atoms with Gasteiger partial charge in [-0.25, -0.2) is 4.39 Å². The summed E-state index contributed by atoms with van der Waals surface area (Å²) in [5.74, 6) is 0.0531. The quantitative estimate of drug-likeness (QED) is 0.532. The molecule has 1 heterocycles. The summed E-state index contributed by atoms with van der Waals surface area (Å²) in [6, 6.07) is 0. The van der Waals surface area contributed by atoms with Gasteiger partial charge in [-0.05, 0) is 38.0 Å². The Morgan fingerprint density at radius 1 is 1.40 bits per heavy atom. The molecule has 0 saturated heterocycles. The van der Waals surface area contributed by atoms with Crippen LogP contribution in [0.2, 0.25) is 0 Å². The van der Waals surface area contributed by atoms with Crippen LogP contribution >= 0.6 is 0 Å². The second-order valence-electron chi connectivity index (χ2n) is 3.93. The first-order valence-corrected chi connectivity index (χ1v) is 5.19. The zero-order valence-electron chi connectivity index (χ0n) is 8.78. The molecule has 0 radical (unpaired) electrons. The minimum absolute atomic E-state index is 0.168. The molecule has 78 valence electrons. The molecule has 0 fully saturated rings. The van der Waals surface area contributed by atoms with Crippen LogP contribution in [-0.4, -0.2) is 5.71 Å². The van der Waals surface area contributed by atoms with Crippen LogP contribution in [0.4, 0.5) is 4.39 Å². The Morgan fingerprint density at radius 3 is 3.13 bits per heavy atom. The van der Waals surface area contributed by atoms with Crippen molar-refractivity contribution in [2.75, 3.05) is 0 Å². The molecule has 1 aliphatic heterocycles. The Kier molecular flexibility index (Phi) is 2.95. The summed E-state index contributed by atoms with van der Waals surface area (Å²) in [5, 5.41) is 0. The molecule has 1 unspecified atom stereocenters. The molecule has 15 heavy (non-hydrogen) atoms. The lowest BCUT2D eigenvalue weighted by molar-refractivity contribution is 0.658. The number of aliphatic imine (C=N–C) groups is 1. The summed E-state index contributed by atoms with van der Waals surface area (Å²) in [5.41, 5.74) is 2.16. The molecule has 0 bridgehead atoms. The second-order valence-corrected chi connectivity index (χ2v) is 3.93. The van der Waals surface area contributed by atoms with Crippen molar-refractivity contribution in [3.05, 3.63) is 48.0 Å². The Bertz CT molecular complexity index is 397. The Morgan fingerprint density at radius 2 is 2.27 bits per heavy atom. The van der Waals surface area contributed by atoms with Gasteiger partial charge in [-0.15, -0.1) is 0 Å². The molecule has 0 aromatic heterocycles. The standard InChI is InChI=1S/C13H14FN/c1-10-3-2-4-11-5-6-12(14)7-8-13(11)15-9-10/h2,4,6-9,11H,3,5H2,1H3/b4-2?,10-9-,15-13?. The van der Waals surface area contributed by atoms with Crippen LogP contribution in [0.25, 0.3) is 0 Å². The van der Waals surface area contributed by atoms with E-state index in [1.807, 2.05) is 13.1 Å². The van der Waals surface area contributed by atoms with Crippen LogP contribution in [0.15, 0.2) is 53.0 Å². The van der Waals surface area contributed by atoms with E-state index < -0.39 is 0 Å². The van der Waals surface area contributed by atoms with Gasteiger partial charge in [0.05, 0.1) is 0 Å². The van der Waals surface area contributed by atoms with Gasteiger partial charge in [-0.3, -0.25) is 4.99 Å². The lowest BCUT2D eigenvalue weighted by Gasteiger charge is -2.11. The first-order chi connectivity index (χ1) is 7.25. The van der Waals surface area contributed by atoms with E-state index in [0.29, 0.717) is 6.42 Å². The van der Waals surface area contributed by atoms with Gasteiger partial charge in [0.15, 0.2) is 0 Å². The van der Waals surface area contributed by atoms with Gasteiger partial charge in [0, 0.05) is 17.8 Å². The van der Waals surface area contributed by atoms with Crippen LogP contribution in [0.1, 0.15) is 19.8 Å². The molecule has 0 spiro atoms. The van der Waals surface area contributed by atoms with Gasteiger partial charge in [-0.1, -0.05) is 17.7 Å². The molecule has 2 rings (SSSR count). The van der Waals surface area contributed by atoms with Crippen molar-refractivity contribution in [2.45, 2.75) is 19.8 Å². The lowest BCUT2D eigenvalue weighted by atomic mass is 9.97. The maximum atomic E-state index is 13.0. The van der Waals surface area contributed by atoms with Crippen LogP contribution in [-0.2, 0) is 0 Å². The molecule has 0 amide bonds. The first-order valence-electron chi connectivity index (χ1n) is 5.19. The van der Waals surface area contributed by atoms with E-state index in [-0.39, 0.29) is 11.7 Å². The zero-order chi connectivity index (χ0) is 10.7. The number of rotatable bonds is 0. The number of allylic oxidation sites excluding steroid dienone is 7. The normalized spacial score (nSPS) is 28.9. The van der Waals surface area contributed by atoms with Gasteiger partial charge in [0.1, 0.15) is 5.83 Å². The third-order valence-corrected chi connectivity index (χ3v) is 2.60. The molecule has 1 aliphatic carbocycles. The van der Waals surface area contributed by atoms with Gasteiger partial charge in [-0.2, -0.15) is 0 Å². The van der Waals surface area contributed by atoms with Gasteiger partial charge >= 0.3 is 0 Å². The average molecular weight is 203 g/mol. The number of nitrogens with zero attached hydrogens (tertiary/aromatic N) is 1. The highest BCUT2D eigenvalue weighted by Crippen LogP contribution is 2.20. The fourth-order valence-corrected chi connectivity index (χ4v) is 1.69. The van der Waals surface area contributed by atoms with E-state index in [4.69, 9.17) is 0 Å². The fraction of sp³-hybridized carbons (Fsp3) is 0.308. The zero-order valence-corrected chi connectivity index (χ0v) is 8.78. The van der Waals surface area contributed by atoms with Crippen molar-refractivity contribution in [1.82, 2.24) is 0 Å². The molecule has 2 aliphatic rings. The van der Waals surface area contributed by atoms with Crippen molar-refractivity contribution in [2.24, 2.45) is 10.9 Å². The molecule has 1 atom stereocenters. The summed E-state index contributed by atoms with van der Waals surface area (Å²) < 4.78 is 13.0. The van der Waals surface area contributed by atoms with Crippen LogP contribution < -0.4 is 0 Å². The topological polar surface area (TPSA) is 12.4 Å². The highest BCUT2D eigenvalue weighted by atomic mass is 19.1. The number of fused-ring (bicyclic) bond motifs is 1. The van der Waals surface area contributed by atoms with E-state index in [1.165, 1.54) is 11.6 Å². The summed E-state index contributed by atoms with van der Waals surface area (Å²) in [6.45, 7) is 2.05. The summed E-state index contributed by atoms with van der Waals surface area (Å²) in [7, 11) is 0. The second kappa shape index (κ2) is 4.39. The number of hydrogen-bond acceptors (Lipinski definition) is 1. The van der Waals surface area contributed by atoms with Crippen molar-refractivity contribution in [3.8, 4) is 0 Å². The maximum Gasteiger partial charge on any atom is 0.119 e. The van der Waals surface area contributed by atoms with Crippen molar-refractivity contribution >= 4 is 5.71 Å². The predicted molar refractivity (Wildman–Crippen MR) is 61.4 cm³/mol. The lowest BCUT2D eigenvalue weighted by Crippen LogP contribution is -2.08. The Labute approximate surface area is 89.4 Å². The molecule has 1 nitrogen and oxygen atoms in total. The SMILES string of the molecule is C/C1=C/N=C2C=CC(F)=CCC2C=CC1. The smallest absolute Gasteiger partial charge is 0.119 e. The molecule has 0 aromatic rings.